The summed E-state index contributed by atoms with van der Waals surface area (Å²) >= 11 is 0. The SMILES string of the molecule is CCCCCCCCCCCCCCCCCCCCN=CCC(O)=CCO. The molecule has 0 aliphatic rings. The summed E-state index contributed by atoms with van der Waals surface area (Å²) in [5, 5.41) is 17.9. The fraction of sp³-hybridized carbons (Fsp3) is 0.880. The van der Waals surface area contributed by atoms with Crippen molar-refractivity contribution >= 4 is 6.21 Å². The Labute approximate surface area is 175 Å². The van der Waals surface area contributed by atoms with E-state index in [0.717, 1.165) is 13.0 Å². The van der Waals surface area contributed by atoms with Gasteiger partial charge in [-0.2, -0.15) is 0 Å². The monoisotopic (exact) mass is 395 g/mol. The highest BCUT2D eigenvalue weighted by Crippen LogP contribution is 2.14. The van der Waals surface area contributed by atoms with Crippen LogP contribution in [0.2, 0.25) is 0 Å². The molecule has 0 heterocycles. The number of rotatable bonds is 22. The second-order valence-electron chi connectivity index (χ2n) is 8.18. The van der Waals surface area contributed by atoms with Crippen molar-refractivity contribution in [1.82, 2.24) is 0 Å². The van der Waals surface area contributed by atoms with E-state index < -0.39 is 0 Å². The van der Waals surface area contributed by atoms with Crippen LogP contribution < -0.4 is 0 Å². The van der Waals surface area contributed by atoms with Crippen molar-refractivity contribution in [2.24, 2.45) is 4.99 Å². The standard InChI is InChI=1S/C25H49NO2/c1-2-3-4-5-6-7-8-9-10-11-12-13-14-15-16-17-18-19-22-26-23-20-25(28)21-24-27/h21,23,27-28H,2-20,22,24H2,1H3. The average molecular weight is 396 g/mol. The fourth-order valence-corrected chi connectivity index (χ4v) is 3.54. The summed E-state index contributed by atoms with van der Waals surface area (Å²) in [7, 11) is 0. The van der Waals surface area contributed by atoms with Gasteiger partial charge in [0.05, 0.1) is 12.4 Å². The van der Waals surface area contributed by atoms with E-state index in [1.54, 1.807) is 6.21 Å². The minimum Gasteiger partial charge on any atom is -0.512 e. The van der Waals surface area contributed by atoms with Crippen LogP contribution in [0.15, 0.2) is 16.8 Å². The van der Waals surface area contributed by atoms with Gasteiger partial charge in [-0.25, -0.2) is 0 Å². The van der Waals surface area contributed by atoms with Crippen molar-refractivity contribution in [3.05, 3.63) is 11.8 Å². The summed E-state index contributed by atoms with van der Waals surface area (Å²) in [6, 6.07) is 0. The molecule has 2 N–H and O–H groups in total. The van der Waals surface area contributed by atoms with Gasteiger partial charge in [-0.3, -0.25) is 4.99 Å². The smallest absolute Gasteiger partial charge is 0.0958 e. The quantitative estimate of drug-likeness (QED) is 0.111. The first-order valence-electron chi connectivity index (χ1n) is 12.3. The molecule has 0 rings (SSSR count). The van der Waals surface area contributed by atoms with Crippen LogP contribution in [0.5, 0.6) is 0 Å². The Hall–Kier alpha value is -0.830. The van der Waals surface area contributed by atoms with E-state index in [4.69, 9.17) is 5.11 Å². The molecule has 3 heteroatoms. The van der Waals surface area contributed by atoms with Gasteiger partial charge in [0.15, 0.2) is 0 Å². The lowest BCUT2D eigenvalue weighted by Gasteiger charge is -2.03. The van der Waals surface area contributed by atoms with E-state index in [1.807, 2.05) is 0 Å². The number of aliphatic hydroxyl groups excluding tert-OH is 2. The summed E-state index contributed by atoms with van der Waals surface area (Å²) in [6.45, 7) is 3.03. The minimum atomic E-state index is -0.112. The number of hydrogen-bond acceptors (Lipinski definition) is 3. The number of unbranched alkanes of at least 4 members (excludes halogenated alkanes) is 17. The predicted molar refractivity (Wildman–Crippen MR) is 125 cm³/mol. The topological polar surface area (TPSA) is 52.8 Å². The van der Waals surface area contributed by atoms with Crippen molar-refractivity contribution in [3.8, 4) is 0 Å². The molecule has 0 amide bonds. The molecule has 28 heavy (non-hydrogen) atoms. The molecular formula is C25H49NO2. The Bertz CT molecular complexity index is 352. The Morgan fingerprint density at radius 1 is 0.643 bits per heavy atom. The molecule has 0 aromatic heterocycles. The fourth-order valence-electron chi connectivity index (χ4n) is 3.54. The third-order valence-electron chi connectivity index (χ3n) is 5.40. The van der Waals surface area contributed by atoms with Gasteiger partial charge < -0.3 is 10.2 Å². The van der Waals surface area contributed by atoms with Crippen LogP contribution in [0.25, 0.3) is 0 Å². The summed E-state index contributed by atoms with van der Waals surface area (Å²) in [5.41, 5.74) is 0. The number of allylic oxidation sites excluding steroid dienone is 1. The van der Waals surface area contributed by atoms with Gasteiger partial charge in [0.2, 0.25) is 0 Å². The lowest BCUT2D eigenvalue weighted by Crippen LogP contribution is -1.88. The summed E-state index contributed by atoms with van der Waals surface area (Å²) < 4.78 is 0. The van der Waals surface area contributed by atoms with Crippen molar-refractivity contribution in [2.45, 2.75) is 129 Å². The van der Waals surface area contributed by atoms with E-state index in [2.05, 4.69) is 11.9 Å². The van der Waals surface area contributed by atoms with Gasteiger partial charge in [-0.05, 0) is 12.5 Å². The van der Waals surface area contributed by atoms with Crippen LogP contribution in [0, 0.1) is 0 Å². The molecule has 0 unspecified atom stereocenters. The molecule has 3 nitrogen and oxygen atoms in total. The zero-order chi connectivity index (χ0) is 20.5. The lowest BCUT2D eigenvalue weighted by atomic mass is 10.0. The van der Waals surface area contributed by atoms with Gasteiger partial charge in [0, 0.05) is 19.2 Å². The summed E-state index contributed by atoms with van der Waals surface area (Å²) in [6.07, 6.45) is 28.7. The molecule has 0 atom stereocenters. The molecule has 0 spiro atoms. The molecule has 0 aliphatic carbocycles. The maximum atomic E-state index is 9.32. The summed E-state index contributed by atoms with van der Waals surface area (Å²) in [4.78, 5) is 4.30. The first-order valence-corrected chi connectivity index (χ1v) is 12.3. The zero-order valence-electron chi connectivity index (χ0n) is 18.8. The molecule has 0 fully saturated rings. The second-order valence-corrected chi connectivity index (χ2v) is 8.18. The Balaban J connectivity index is 3.10. The molecule has 0 aromatic carbocycles. The molecule has 0 saturated carbocycles. The lowest BCUT2D eigenvalue weighted by molar-refractivity contribution is 0.328. The molecule has 0 saturated heterocycles. The molecule has 166 valence electrons. The number of hydrogen-bond donors (Lipinski definition) is 2. The highest BCUT2D eigenvalue weighted by molar-refractivity contribution is 5.60. The van der Waals surface area contributed by atoms with Crippen LogP contribution >= 0.6 is 0 Å². The minimum absolute atomic E-state index is 0.112. The largest absolute Gasteiger partial charge is 0.512 e. The maximum absolute atomic E-state index is 9.32. The van der Waals surface area contributed by atoms with Gasteiger partial charge >= 0.3 is 0 Å². The second kappa shape index (κ2) is 24.2. The van der Waals surface area contributed by atoms with E-state index in [0.29, 0.717) is 6.42 Å². The Morgan fingerprint density at radius 2 is 1.04 bits per heavy atom. The van der Waals surface area contributed by atoms with Crippen LogP contribution in [-0.4, -0.2) is 29.6 Å². The molecule has 0 radical (unpaired) electrons. The molecule has 0 aliphatic heterocycles. The van der Waals surface area contributed by atoms with Crippen molar-refractivity contribution in [2.75, 3.05) is 13.2 Å². The van der Waals surface area contributed by atoms with Crippen molar-refractivity contribution in [3.63, 3.8) is 0 Å². The number of nitrogens with zero attached hydrogens (tertiary/aromatic N) is 1. The van der Waals surface area contributed by atoms with Crippen LogP contribution in [0.4, 0.5) is 0 Å². The van der Waals surface area contributed by atoms with E-state index in [9.17, 15) is 5.11 Å². The molecule has 0 aromatic rings. The normalized spacial score (nSPS) is 12.3. The van der Waals surface area contributed by atoms with Crippen LogP contribution in [0.3, 0.4) is 0 Å². The van der Waals surface area contributed by atoms with E-state index >= 15 is 0 Å². The first-order chi connectivity index (χ1) is 13.8. The van der Waals surface area contributed by atoms with Gasteiger partial charge in [-0.1, -0.05) is 116 Å². The van der Waals surface area contributed by atoms with Crippen molar-refractivity contribution < 1.29 is 10.2 Å². The maximum Gasteiger partial charge on any atom is 0.0958 e. The average Bonchev–Trinajstić information content (AvgIpc) is 2.69. The number of aliphatic imine (C=N–C) groups is 1. The third-order valence-corrected chi connectivity index (χ3v) is 5.40. The highest BCUT2D eigenvalue weighted by atomic mass is 16.3. The van der Waals surface area contributed by atoms with Crippen molar-refractivity contribution in [1.29, 1.82) is 0 Å². The number of aliphatic hydroxyl groups is 2. The molecule has 0 bridgehead atoms. The van der Waals surface area contributed by atoms with Crippen LogP contribution in [0.1, 0.15) is 129 Å². The Kier molecular flexibility index (Phi) is 23.5. The van der Waals surface area contributed by atoms with Gasteiger partial charge in [-0.15, -0.1) is 0 Å². The zero-order valence-corrected chi connectivity index (χ0v) is 18.8. The van der Waals surface area contributed by atoms with Gasteiger partial charge in [0.25, 0.3) is 0 Å². The highest BCUT2D eigenvalue weighted by Gasteiger charge is 1.95. The first kappa shape index (κ1) is 27.2. The molecular weight excluding hydrogens is 346 g/mol. The van der Waals surface area contributed by atoms with Crippen LogP contribution in [-0.2, 0) is 0 Å². The van der Waals surface area contributed by atoms with E-state index in [1.165, 1.54) is 115 Å². The predicted octanol–water partition coefficient (Wildman–Crippen LogP) is 7.92. The third kappa shape index (κ3) is 23.2. The van der Waals surface area contributed by atoms with E-state index in [-0.39, 0.29) is 12.4 Å². The van der Waals surface area contributed by atoms with Gasteiger partial charge in [0.1, 0.15) is 0 Å². The Morgan fingerprint density at radius 3 is 1.43 bits per heavy atom. The summed E-state index contributed by atoms with van der Waals surface area (Å²) in [5.74, 6) is 0.198.